The zero-order valence-electron chi connectivity index (χ0n) is 28.2. The molecule has 3 saturated heterocycles. The zero-order valence-corrected chi connectivity index (χ0v) is 28.2. The molecule has 0 aliphatic carbocycles. The number of halogens is 1. The van der Waals surface area contributed by atoms with Crippen molar-refractivity contribution < 1.29 is 23.5 Å². The molecular formula is C36H48FN7O4. The standard InChI is InChI=1S/C12H16FN3O.C12H16N2O2.C12H16N2O/c1-15-4-6-16(7-5-15)12(17)10-8-9(14)2-3-11(10)13;1-9-8-10(13)2-3-11(9)12(15)14-4-6-16-7-5-14;1-9-8-10(13)4-5-11(9)12(15)14-6-2-3-7-14/h2-3,8H,4-7,14H2,1H3;2-3,8H,4-7,13H2,1H3;4-5,8H,2-3,6-7,13H2,1H3. The topological polar surface area (TPSA) is 151 Å². The SMILES string of the molecule is CN1CCN(C(=O)c2cc(N)ccc2F)CC1.Cc1cc(N)ccc1C(=O)N1CCCC1.Cc1cc(N)ccc1C(=O)N1CCOCC1. The third kappa shape index (κ3) is 9.68. The minimum atomic E-state index is -0.511. The van der Waals surface area contributed by atoms with Gasteiger partial charge in [-0.1, -0.05) is 0 Å². The van der Waals surface area contributed by atoms with E-state index in [4.69, 9.17) is 21.9 Å². The second-order valence-electron chi connectivity index (χ2n) is 12.4. The van der Waals surface area contributed by atoms with Crippen LogP contribution in [-0.2, 0) is 4.74 Å². The average Bonchev–Trinajstić information content (AvgIpc) is 3.62. The predicted molar refractivity (Wildman–Crippen MR) is 187 cm³/mol. The van der Waals surface area contributed by atoms with Crippen molar-refractivity contribution in [2.75, 3.05) is 89.8 Å². The minimum absolute atomic E-state index is 0.0644. The molecule has 6 N–H and O–H groups in total. The molecule has 0 unspecified atom stereocenters. The highest BCUT2D eigenvalue weighted by molar-refractivity contribution is 5.97. The summed E-state index contributed by atoms with van der Waals surface area (Å²) in [6.07, 6.45) is 2.25. The van der Waals surface area contributed by atoms with Crippen LogP contribution in [0.25, 0.3) is 0 Å². The number of morpholine rings is 1. The van der Waals surface area contributed by atoms with Crippen LogP contribution in [0.2, 0.25) is 0 Å². The second-order valence-corrected chi connectivity index (χ2v) is 12.4. The summed E-state index contributed by atoms with van der Waals surface area (Å²) >= 11 is 0. The van der Waals surface area contributed by atoms with Crippen LogP contribution in [0.15, 0.2) is 54.6 Å². The van der Waals surface area contributed by atoms with Gasteiger partial charge in [-0.2, -0.15) is 0 Å². The van der Waals surface area contributed by atoms with E-state index < -0.39 is 5.82 Å². The molecule has 3 aliphatic rings. The molecule has 0 aromatic heterocycles. The number of ether oxygens (including phenoxy) is 1. The highest BCUT2D eigenvalue weighted by Gasteiger charge is 2.23. The lowest BCUT2D eigenvalue weighted by atomic mass is 10.1. The van der Waals surface area contributed by atoms with Crippen LogP contribution < -0.4 is 17.2 Å². The summed E-state index contributed by atoms with van der Waals surface area (Å²) in [4.78, 5) is 43.9. The normalized spacial score (nSPS) is 16.4. The fourth-order valence-corrected chi connectivity index (χ4v) is 5.77. The van der Waals surface area contributed by atoms with E-state index in [2.05, 4.69) is 4.90 Å². The van der Waals surface area contributed by atoms with Crippen molar-refractivity contribution in [3.8, 4) is 0 Å². The highest BCUT2D eigenvalue weighted by atomic mass is 19.1. The number of carbonyl (C=O) groups is 3. The monoisotopic (exact) mass is 661 g/mol. The summed E-state index contributed by atoms with van der Waals surface area (Å²) in [6, 6.07) is 14.9. The summed E-state index contributed by atoms with van der Waals surface area (Å²) in [5.74, 6) is -0.572. The lowest BCUT2D eigenvalue weighted by Gasteiger charge is -2.32. The van der Waals surface area contributed by atoms with Crippen LogP contribution in [0.4, 0.5) is 21.5 Å². The van der Waals surface area contributed by atoms with E-state index in [1.807, 2.05) is 48.9 Å². The molecule has 0 saturated carbocycles. The Kier molecular flexibility index (Phi) is 12.8. The number of nitrogens with two attached hydrogens (primary N) is 3. The molecule has 258 valence electrons. The minimum Gasteiger partial charge on any atom is -0.399 e. The van der Waals surface area contributed by atoms with Gasteiger partial charge in [0.05, 0.1) is 18.8 Å². The second kappa shape index (κ2) is 16.9. The van der Waals surface area contributed by atoms with Crippen LogP contribution in [0.5, 0.6) is 0 Å². The average molecular weight is 662 g/mol. The lowest BCUT2D eigenvalue weighted by Crippen LogP contribution is -2.47. The third-order valence-electron chi connectivity index (χ3n) is 8.66. The Morgan fingerprint density at radius 2 is 1.00 bits per heavy atom. The first kappa shape index (κ1) is 36.2. The number of aryl methyl sites for hydroxylation is 2. The van der Waals surface area contributed by atoms with Gasteiger partial charge in [0.25, 0.3) is 17.7 Å². The Hall–Kier alpha value is -4.68. The van der Waals surface area contributed by atoms with E-state index in [-0.39, 0.29) is 23.3 Å². The van der Waals surface area contributed by atoms with E-state index >= 15 is 0 Å². The van der Waals surface area contributed by atoms with Crippen molar-refractivity contribution in [3.05, 3.63) is 88.2 Å². The van der Waals surface area contributed by atoms with Crippen molar-refractivity contribution >= 4 is 34.8 Å². The number of nitrogen functional groups attached to an aromatic ring is 3. The number of amides is 3. The van der Waals surface area contributed by atoms with Gasteiger partial charge in [-0.05, 0) is 99.5 Å². The van der Waals surface area contributed by atoms with Crippen LogP contribution in [0.1, 0.15) is 55.0 Å². The van der Waals surface area contributed by atoms with Gasteiger partial charge in [0, 0.05) is 80.5 Å². The zero-order chi connectivity index (χ0) is 34.8. The largest absolute Gasteiger partial charge is 0.399 e. The number of hydrogen-bond donors (Lipinski definition) is 3. The Balaban J connectivity index is 0.000000163. The van der Waals surface area contributed by atoms with Crippen molar-refractivity contribution in [3.63, 3.8) is 0 Å². The molecule has 0 bridgehead atoms. The summed E-state index contributed by atoms with van der Waals surface area (Å²) < 4.78 is 18.8. The molecule has 0 atom stereocenters. The number of piperazine rings is 1. The van der Waals surface area contributed by atoms with Gasteiger partial charge in [0.1, 0.15) is 5.82 Å². The highest BCUT2D eigenvalue weighted by Crippen LogP contribution is 2.19. The molecule has 0 radical (unpaired) electrons. The number of carbonyl (C=O) groups excluding carboxylic acids is 3. The lowest BCUT2D eigenvalue weighted by molar-refractivity contribution is 0.0302. The first-order valence-corrected chi connectivity index (χ1v) is 16.4. The maximum atomic E-state index is 13.5. The van der Waals surface area contributed by atoms with Crippen LogP contribution in [-0.4, -0.2) is 110 Å². The van der Waals surface area contributed by atoms with Gasteiger partial charge in [0.2, 0.25) is 0 Å². The number of likely N-dealkylation sites (tertiary alicyclic amines) is 1. The van der Waals surface area contributed by atoms with Crippen LogP contribution in [0, 0.1) is 19.7 Å². The van der Waals surface area contributed by atoms with Crippen LogP contribution >= 0.6 is 0 Å². The van der Waals surface area contributed by atoms with E-state index in [0.717, 1.165) is 61.3 Å². The Morgan fingerprint density at radius 1 is 0.583 bits per heavy atom. The fourth-order valence-electron chi connectivity index (χ4n) is 5.77. The number of benzene rings is 3. The molecule has 0 spiro atoms. The number of likely N-dealkylation sites (N-methyl/N-ethyl adjacent to an activating group) is 1. The first-order valence-electron chi connectivity index (χ1n) is 16.4. The van der Waals surface area contributed by atoms with Gasteiger partial charge < -0.3 is 41.5 Å². The maximum absolute atomic E-state index is 13.5. The molecule has 11 nitrogen and oxygen atoms in total. The Bertz CT molecular complexity index is 1580. The maximum Gasteiger partial charge on any atom is 0.256 e. The third-order valence-corrected chi connectivity index (χ3v) is 8.66. The van der Waals surface area contributed by atoms with Gasteiger partial charge >= 0.3 is 0 Å². The summed E-state index contributed by atoms with van der Waals surface area (Å²) in [5.41, 5.74) is 22.2. The quantitative estimate of drug-likeness (QED) is 0.360. The molecule has 3 amide bonds. The van der Waals surface area contributed by atoms with Gasteiger partial charge in [-0.25, -0.2) is 4.39 Å². The Labute approximate surface area is 282 Å². The van der Waals surface area contributed by atoms with Crippen molar-refractivity contribution in [1.29, 1.82) is 0 Å². The molecule has 3 heterocycles. The fraction of sp³-hybridized carbons (Fsp3) is 0.417. The molecule has 12 heteroatoms. The van der Waals surface area contributed by atoms with Gasteiger partial charge in [-0.15, -0.1) is 0 Å². The summed E-state index contributed by atoms with van der Waals surface area (Å²) in [7, 11) is 2.00. The van der Waals surface area contributed by atoms with Crippen molar-refractivity contribution in [2.24, 2.45) is 0 Å². The first-order chi connectivity index (χ1) is 22.9. The van der Waals surface area contributed by atoms with Gasteiger partial charge in [-0.3, -0.25) is 14.4 Å². The smallest absolute Gasteiger partial charge is 0.256 e. The predicted octanol–water partition coefficient (Wildman–Crippen LogP) is 3.66. The molecule has 48 heavy (non-hydrogen) atoms. The summed E-state index contributed by atoms with van der Waals surface area (Å²) in [6.45, 7) is 11.1. The molecule has 3 aromatic rings. The number of hydrogen-bond acceptors (Lipinski definition) is 8. The van der Waals surface area contributed by atoms with Crippen molar-refractivity contribution in [1.82, 2.24) is 19.6 Å². The molecular weight excluding hydrogens is 613 g/mol. The van der Waals surface area contributed by atoms with E-state index in [0.29, 0.717) is 56.5 Å². The van der Waals surface area contributed by atoms with Crippen molar-refractivity contribution in [2.45, 2.75) is 26.7 Å². The Morgan fingerprint density at radius 3 is 1.50 bits per heavy atom. The number of nitrogens with zero attached hydrogens (tertiary/aromatic N) is 4. The van der Waals surface area contributed by atoms with Gasteiger partial charge in [0.15, 0.2) is 0 Å². The van der Waals surface area contributed by atoms with E-state index in [1.54, 1.807) is 23.1 Å². The van der Waals surface area contributed by atoms with E-state index in [9.17, 15) is 18.8 Å². The number of anilines is 3. The summed E-state index contributed by atoms with van der Waals surface area (Å²) in [5, 5.41) is 0. The molecule has 6 rings (SSSR count). The molecule has 3 aliphatic heterocycles. The molecule has 3 fully saturated rings. The van der Waals surface area contributed by atoms with Crippen LogP contribution in [0.3, 0.4) is 0 Å². The van der Waals surface area contributed by atoms with E-state index in [1.165, 1.54) is 18.2 Å². The molecule has 3 aromatic carbocycles. The number of rotatable bonds is 3.